The summed E-state index contributed by atoms with van der Waals surface area (Å²) in [5, 5.41) is 3.87. The van der Waals surface area contributed by atoms with Gasteiger partial charge in [-0.1, -0.05) is 5.16 Å². The third kappa shape index (κ3) is 4.02. The fourth-order valence-electron chi connectivity index (χ4n) is 2.40. The number of nitrogens with one attached hydrogen (secondary N) is 1. The molecule has 2 aromatic heterocycles. The first kappa shape index (κ1) is 17.9. The molecule has 0 aliphatic heterocycles. The number of aromatic nitrogens is 2. The smallest absolute Gasteiger partial charge is 0.261 e. The van der Waals surface area contributed by atoms with Gasteiger partial charge in [-0.2, -0.15) is 0 Å². The first-order chi connectivity index (χ1) is 12.3. The molecule has 0 saturated carbocycles. The van der Waals surface area contributed by atoms with E-state index >= 15 is 0 Å². The molecule has 136 valence electrons. The van der Waals surface area contributed by atoms with Crippen molar-refractivity contribution >= 4 is 15.7 Å². The Kier molecular flexibility index (Phi) is 4.94. The Balaban J connectivity index is 1.70. The number of hydrogen-bond acceptors (Lipinski definition) is 6. The maximum Gasteiger partial charge on any atom is 0.261 e. The van der Waals surface area contributed by atoms with E-state index in [1.807, 2.05) is 20.8 Å². The van der Waals surface area contributed by atoms with Gasteiger partial charge in [0.15, 0.2) is 0 Å². The van der Waals surface area contributed by atoms with E-state index in [1.54, 1.807) is 24.4 Å². The van der Waals surface area contributed by atoms with Gasteiger partial charge < -0.3 is 9.26 Å². The Morgan fingerprint density at radius 1 is 1.12 bits per heavy atom. The van der Waals surface area contributed by atoms with Gasteiger partial charge in [0.05, 0.1) is 28.0 Å². The zero-order valence-corrected chi connectivity index (χ0v) is 15.5. The molecule has 1 N–H and O–H groups in total. The topological polar surface area (TPSA) is 94.3 Å². The van der Waals surface area contributed by atoms with E-state index in [0.29, 0.717) is 23.8 Å². The lowest BCUT2D eigenvalue weighted by atomic mass is 10.2. The van der Waals surface area contributed by atoms with Crippen LogP contribution in [0.2, 0.25) is 0 Å². The number of sulfonamides is 1. The van der Waals surface area contributed by atoms with Gasteiger partial charge in [0, 0.05) is 6.20 Å². The number of anilines is 1. The van der Waals surface area contributed by atoms with Crippen molar-refractivity contribution in [1.82, 2.24) is 10.1 Å². The van der Waals surface area contributed by atoms with Gasteiger partial charge in [0.25, 0.3) is 10.0 Å². The van der Waals surface area contributed by atoms with Gasteiger partial charge >= 0.3 is 0 Å². The maximum absolute atomic E-state index is 12.5. The second-order valence-corrected chi connectivity index (χ2v) is 7.60. The molecule has 8 heteroatoms. The van der Waals surface area contributed by atoms with Crippen molar-refractivity contribution in [1.29, 1.82) is 0 Å². The van der Waals surface area contributed by atoms with Crippen LogP contribution in [0.5, 0.6) is 5.75 Å². The second kappa shape index (κ2) is 7.17. The number of rotatable bonds is 6. The summed E-state index contributed by atoms with van der Waals surface area (Å²) in [5.41, 5.74) is 2.95. The van der Waals surface area contributed by atoms with Gasteiger partial charge in [-0.25, -0.2) is 8.42 Å². The molecular weight excluding hydrogens is 354 g/mol. The lowest BCUT2D eigenvalue weighted by Crippen LogP contribution is -2.13. The average Bonchev–Trinajstić information content (AvgIpc) is 2.91. The minimum absolute atomic E-state index is 0.142. The quantitative estimate of drug-likeness (QED) is 0.712. The van der Waals surface area contributed by atoms with E-state index in [4.69, 9.17) is 9.26 Å². The number of hydrogen-bond donors (Lipinski definition) is 1. The molecular formula is C18H19N3O4S. The number of ether oxygens (including phenoxy) is 1. The van der Waals surface area contributed by atoms with Crippen LogP contribution in [0.25, 0.3) is 0 Å². The second-order valence-electron chi connectivity index (χ2n) is 5.92. The molecule has 3 rings (SSSR count). The molecule has 0 unspecified atom stereocenters. The first-order valence-electron chi connectivity index (χ1n) is 7.94. The highest BCUT2D eigenvalue weighted by atomic mass is 32.2. The summed E-state index contributed by atoms with van der Waals surface area (Å²) >= 11 is 0. The summed E-state index contributed by atoms with van der Waals surface area (Å²) in [6.07, 6.45) is 3.12. The Morgan fingerprint density at radius 3 is 2.46 bits per heavy atom. The predicted molar refractivity (Wildman–Crippen MR) is 96.5 cm³/mol. The van der Waals surface area contributed by atoms with E-state index in [0.717, 1.165) is 16.8 Å². The summed E-state index contributed by atoms with van der Waals surface area (Å²) in [7, 11) is -3.69. The van der Waals surface area contributed by atoms with Gasteiger partial charge in [-0.15, -0.1) is 0 Å². The molecule has 0 aliphatic rings. The third-order valence-corrected chi connectivity index (χ3v) is 5.22. The third-order valence-electron chi connectivity index (χ3n) is 3.83. The molecule has 0 bridgehead atoms. The molecule has 0 saturated heterocycles. The Bertz CT molecular complexity index is 992. The van der Waals surface area contributed by atoms with E-state index < -0.39 is 10.0 Å². The van der Waals surface area contributed by atoms with Gasteiger partial charge in [-0.05, 0) is 56.7 Å². The zero-order chi connectivity index (χ0) is 18.7. The van der Waals surface area contributed by atoms with Crippen LogP contribution in [0.1, 0.15) is 22.6 Å². The van der Waals surface area contributed by atoms with E-state index in [9.17, 15) is 8.42 Å². The normalized spacial score (nSPS) is 11.3. The molecule has 2 heterocycles. The van der Waals surface area contributed by atoms with E-state index in [2.05, 4.69) is 14.9 Å². The zero-order valence-electron chi connectivity index (χ0n) is 14.7. The molecule has 7 nitrogen and oxygen atoms in total. The van der Waals surface area contributed by atoms with Crippen LogP contribution < -0.4 is 9.46 Å². The number of aryl methyl sites for hydroxylation is 3. The van der Waals surface area contributed by atoms with E-state index in [-0.39, 0.29) is 4.90 Å². The van der Waals surface area contributed by atoms with Crippen molar-refractivity contribution in [3.05, 3.63) is 65.3 Å². The largest absolute Gasteiger partial charge is 0.489 e. The molecule has 0 amide bonds. The van der Waals surface area contributed by atoms with Crippen LogP contribution in [-0.2, 0) is 16.6 Å². The molecule has 0 radical (unpaired) electrons. The van der Waals surface area contributed by atoms with Crippen molar-refractivity contribution in [3.8, 4) is 5.75 Å². The molecule has 0 atom stereocenters. The highest BCUT2D eigenvalue weighted by Gasteiger charge is 2.15. The van der Waals surface area contributed by atoms with Crippen LogP contribution in [0.15, 0.2) is 52.1 Å². The fraction of sp³-hybridized carbons (Fsp3) is 0.222. The fourth-order valence-corrected chi connectivity index (χ4v) is 3.44. The van der Waals surface area contributed by atoms with Crippen LogP contribution in [0, 0.1) is 20.8 Å². The number of nitrogens with zero attached hydrogens (tertiary/aromatic N) is 2. The summed E-state index contributed by atoms with van der Waals surface area (Å²) < 4.78 is 38.2. The van der Waals surface area contributed by atoms with Gasteiger partial charge in [0.1, 0.15) is 18.1 Å². The van der Waals surface area contributed by atoms with Crippen molar-refractivity contribution in [2.45, 2.75) is 32.3 Å². The van der Waals surface area contributed by atoms with Gasteiger partial charge in [0.2, 0.25) is 0 Å². The minimum Gasteiger partial charge on any atom is -0.489 e. The lowest BCUT2D eigenvalue weighted by Gasteiger charge is -2.10. The molecule has 0 fully saturated rings. The summed E-state index contributed by atoms with van der Waals surface area (Å²) in [5.74, 6) is 1.26. The summed E-state index contributed by atoms with van der Waals surface area (Å²) in [6, 6.07) is 7.93. The Labute approximate surface area is 152 Å². The highest BCUT2D eigenvalue weighted by Crippen LogP contribution is 2.21. The first-order valence-corrected chi connectivity index (χ1v) is 9.42. The highest BCUT2D eigenvalue weighted by molar-refractivity contribution is 7.92. The molecule has 0 spiro atoms. The van der Waals surface area contributed by atoms with E-state index in [1.165, 1.54) is 18.3 Å². The van der Waals surface area contributed by atoms with Crippen molar-refractivity contribution in [2.75, 3.05) is 4.72 Å². The Morgan fingerprint density at radius 2 is 1.85 bits per heavy atom. The summed E-state index contributed by atoms with van der Waals surface area (Å²) in [4.78, 5) is 4.12. The van der Waals surface area contributed by atoms with Crippen molar-refractivity contribution in [2.24, 2.45) is 0 Å². The van der Waals surface area contributed by atoms with Crippen LogP contribution in [0.3, 0.4) is 0 Å². The van der Waals surface area contributed by atoms with Gasteiger partial charge in [-0.3, -0.25) is 9.71 Å². The van der Waals surface area contributed by atoms with Crippen LogP contribution in [-0.4, -0.2) is 18.6 Å². The molecule has 26 heavy (non-hydrogen) atoms. The standard InChI is InChI=1S/C18H19N3O4S/c1-12-8-15(10-19-9-12)21-26(22,23)17-6-4-16(5-7-17)24-11-18-13(2)20-25-14(18)3/h4-10,21H,11H2,1-3H3. The predicted octanol–water partition coefficient (Wildman–Crippen LogP) is 3.37. The number of benzene rings is 1. The average molecular weight is 373 g/mol. The minimum atomic E-state index is -3.69. The van der Waals surface area contributed by atoms with Crippen molar-refractivity contribution in [3.63, 3.8) is 0 Å². The SMILES string of the molecule is Cc1cncc(NS(=O)(=O)c2ccc(OCc3c(C)noc3C)cc2)c1. The maximum atomic E-state index is 12.5. The van der Waals surface area contributed by atoms with Crippen LogP contribution >= 0.6 is 0 Å². The lowest BCUT2D eigenvalue weighted by molar-refractivity contribution is 0.301. The molecule has 3 aromatic rings. The van der Waals surface area contributed by atoms with Crippen molar-refractivity contribution < 1.29 is 17.7 Å². The van der Waals surface area contributed by atoms with Crippen LogP contribution in [0.4, 0.5) is 5.69 Å². The monoisotopic (exact) mass is 373 g/mol. The number of pyridine rings is 1. The molecule has 1 aromatic carbocycles. The summed E-state index contributed by atoms with van der Waals surface area (Å²) in [6.45, 7) is 5.81. The molecule has 0 aliphatic carbocycles. The Hall–Kier alpha value is -2.87.